The molecular weight excluding hydrogens is 378 g/mol. The average molecular weight is 400 g/mol. The molecule has 1 saturated carbocycles. The molecule has 1 aliphatic carbocycles. The van der Waals surface area contributed by atoms with Gasteiger partial charge in [-0.1, -0.05) is 30.5 Å². The number of benzene rings is 1. The smallest absolute Gasteiger partial charge is 0.323 e. The van der Waals surface area contributed by atoms with Crippen molar-refractivity contribution in [3.8, 4) is 0 Å². The van der Waals surface area contributed by atoms with E-state index in [1.54, 1.807) is 12.1 Å². The van der Waals surface area contributed by atoms with Gasteiger partial charge in [0.05, 0.1) is 5.02 Å². The van der Waals surface area contributed by atoms with Crippen LogP contribution in [0, 0.1) is 6.92 Å². The van der Waals surface area contributed by atoms with Crippen LogP contribution in [0.25, 0.3) is 0 Å². The SMILES string of the molecule is Cc1ccc(S(=O)(=O)NCCCN2C(=O)NC3(CCCC3)C2=O)c(Cl)c1. The minimum Gasteiger partial charge on any atom is -0.323 e. The highest BCUT2D eigenvalue weighted by molar-refractivity contribution is 7.89. The van der Waals surface area contributed by atoms with Crippen LogP contribution in [0.2, 0.25) is 5.02 Å². The monoisotopic (exact) mass is 399 g/mol. The quantitative estimate of drug-likeness (QED) is 0.566. The summed E-state index contributed by atoms with van der Waals surface area (Å²) in [5, 5.41) is 2.97. The molecular formula is C17H22ClN3O4S. The standard InChI is InChI=1S/C17H22ClN3O4S/c1-12-5-6-14(13(18)11-12)26(24,25)19-9-4-10-21-15(22)17(20-16(21)23)7-2-3-8-17/h5-6,11,19H,2-4,7-10H2,1H3,(H,20,23). The van der Waals surface area contributed by atoms with Crippen LogP contribution in [0.5, 0.6) is 0 Å². The molecule has 1 aromatic rings. The number of hydrogen-bond acceptors (Lipinski definition) is 4. The Kier molecular flexibility index (Phi) is 5.28. The first-order chi connectivity index (χ1) is 12.3. The minimum atomic E-state index is -3.74. The predicted molar refractivity (Wildman–Crippen MR) is 97.4 cm³/mol. The number of hydrogen-bond donors (Lipinski definition) is 2. The van der Waals surface area contributed by atoms with E-state index >= 15 is 0 Å². The Labute approximate surface area is 158 Å². The van der Waals surface area contributed by atoms with E-state index in [4.69, 9.17) is 11.6 Å². The van der Waals surface area contributed by atoms with E-state index in [1.165, 1.54) is 11.0 Å². The first-order valence-corrected chi connectivity index (χ1v) is 10.5. The second-order valence-corrected chi connectivity index (χ2v) is 9.00. The predicted octanol–water partition coefficient (Wildman–Crippen LogP) is 2.18. The molecule has 1 aromatic carbocycles. The molecule has 7 nitrogen and oxygen atoms in total. The molecule has 2 aliphatic rings. The van der Waals surface area contributed by atoms with Gasteiger partial charge in [0.1, 0.15) is 10.4 Å². The van der Waals surface area contributed by atoms with E-state index in [9.17, 15) is 18.0 Å². The Hall–Kier alpha value is -1.64. The summed E-state index contributed by atoms with van der Waals surface area (Å²) in [4.78, 5) is 25.8. The van der Waals surface area contributed by atoms with Gasteiger partial charge < -0.3 is 5.32 Å². The maximum atomic E-state index is 12.5. The molecule has 1 heterocycles. The third kappa shape index (κ3) is 3.58. The Bertz CT molecular complexity index is 834. The number of amides is 3. The molecule has 1 aliphatic heterocycles. The largest absolute Gasteiger partial charge is 0.325 e. The number of nitrogens with zero attached hydrogens (tertiary/aromatic N) is 1. The Morgan fingerprint density at radius 1 is 1.27 bits per heavy atom. The summed E-state index contributed by atoms with van der Waals surface area (Å²) in [6.07, 6.45) is 3.53. The Morgan fingerprint density at radius 2 is 1.96 bits per heavy atom. The van der Waals surface area contributed by atoms with Crippen LogP contribution in [0.15, 0.2) is 23.1 Å². The number of nitrogens with one attached hydrogen (secondary N) is 2. The fourth-order valence-corrected chi connectivity index (χ4v) is 5.21. The lowest BCUT2D eigenvalue weighted by Crippen LogP contribution is -2.44. The fourth-order valence-electron chi connectivity index (χ4n) is 3.54. The Balaban J connectivity index is 1.55. The third-order valence-electron chi connectivity index (χ3n) is 4.93. The van der Waals surface area contributed by atoms with Gasteiger partial charge >= 0.3 is 6.03 Å². The second kappa shape index (κ2) is 7.17. The van der Waals surface area contributed by atoms with Crippen LogP contribution in [0.3, 0.4) is 0 Å². The lowest BCUT2D eigenvalue weighted by Gasteiger charge is -2.20. The highest BCUT2D eigenvalue weighted by Crippen LogP contribution is 2.35. The Morgan fingerprint density at radius 3 is 2.62 bits per heavy atom. The first-order valence-electron chi connectivity index (χ1n) is 8.65. The van der Waals surface area contributed by atoms with Crippen molar-refractivity contribution in [2.75, 3.05) is 13.1 Å². The molecule has 2 fully saturated rings. The van der Waals surface area contributed by atoms with E-state index < -0.39 is 15.6 Å². The molecule has 1 saturated heterocycles. The van der Waals surface area contributed by atoms with Gasteiger partial charge in [-0.15, -0.1) is 0 Å². The molecule has 0 unspecified atom stereocenters. The zero-order valence-electron chi connectivity index (χ0n) is 14.5. The zero-order valence-corrected chi connectivity index (χ0v) is 16.1. The van der Waals surface area contributed by atoms with Crippen molar-refractivity contribution >= 4 is 33.6 Å². The zero-order chi connectivity index (χ0) is 18.9. The number of halogens is 1. The summed E-state index contributed by atoms with van der Waals surface area (Å²) in [5.41, 5.74) is 0.139. The number of urea groups is 1. The van der Waals surface area contributed by atoms with Gasteiger partial charge in [-0.3, -0.25) is 9.69 Å². The molecule has 142 valence electrons. The summed E-state index contributed by atoms with van der Waals surface area (Å²) in [6, 6.07) is 4.33. The van der Waals surface area contributed by atoms with E-state index in [0.29, 0.717) is 19.3 Å². The van der Waals surface area contributed by atoms with Crippen molar-refractivity contribution in [2.24, 2.45) is 0 Å². The third-order valence-corrected chi connectivity index (χ3v) is 6.87. The van der Waals surface area contributed by atoms with E-state index in [1.807, 2.05) is 6.92 Å². The molecule has 3 amide bonds. The summed E-state index contributed by atoms with van der Waals surface area (Å²) in [7, 11) is -3.74. The van der Waals surface area contributed by atoms with Gasteiger partial charge in [-0.2, -0.15) is 0 Å². The summed E-state index contributed by atoms with van der Waals surface area (Å²) in [6.45, 7) is 2.11. The van der Waals surface area contributed by atoms with Crippen molar-refractivity contribution in [1.29, 1.82) is 0 Å². The van der Waals surface area contributed by atoms with Crippen LogP contribution in [0.1, 0.15) is 37.7 Å². The molecule has 26 heavy (non-hydrogen) atoms. The van der Waals surface area contributed by atoms with Gasteiger partial charge in [0.25, 0.3) is 5.91 Å². The number of carbonyl (C=O) groups is 2. The summed E-state index contributed by atoms with van der Waals surface area (Å²) < 4.78 is 27.1. The fraction of sp³-hybridized carbons (Fsp3) is 0.529. The molecule has 2 N–H and O–H groups in total. The van der Waals surface area contributed by atoms with Crippen LogP contribution in [0.4, 0.5) is 4.79 Å². The van der Waals surface area contributed by atoms with Crippen molar-refractivity contribution in [2.45, 2.75) is 49.5 Å². The first kappa shape index (κ1) is 19.1. The molecule has 0 radical (unpaired) electrons. The number of sulfonamides is 1. The van der Waals surface area contributed by atoms with Crippen LogP contribution in [-0.2, 0) is 14.8 Å². The summed E-state index contributed by atoms with van der Waals surface area (Å²) >= 11 is 6.01. The normalized spacial score (nSPS) is 19.4. The van der Waals surface area contributed by atoms with Crippen molar-refractivity contribution in [3.63, 3.8) is 0 Å². The summed E-state index contributed by atoms with van der Waals surface area (Å²) in [5.74, 6) is -0.190. The number of imide groups is 1. The highest BCUT2D eigenvalue weighted by atomic mass is 35.5. The number of aryl methyl sites for hydroxylation is 1. The van der Waals surface area contributed by atoms with E-state index in [0.717, 1.165) is 18.4 Å². The number of carbonyl (C=O) groups excluding carboxylic acids is 2. The maximum Gasteiger partial charge on any atom is 0.325 e. The van der Waals surface area contributed by atoms with E-state index in [2.05, 4.69) is 10.0 Å². The lowest BCUT2D eigenvalue weighted by molar-refractivity contribution is -0.131. The van der Waals surface area contributed by atoms with Crippen molar-refractivity contribution in [1.82, 2.24) is 14.9 Å². The number of rotatable bonds is 6. The molecule has 1 spiro atoms. The average Bonchev–Trinajstić information content (AvgIpc) is 3.11. The topological polar surface area (TPSA) is 95.6 Å². The van der Waals surface area contributed by atoms with Gasteiger partial charge in [0.2, 0.25) is 10.0 Å². The van der Waals surface area contributed by atoms with Crippen LogP contribution < -0.4 is 10.0 Å². The molecule has 0 atom stereocenters. The molecule has 9 heteroatoms. The molecule has 3 rings (SSSR count). The molecule has 0 aromatic heterocycles. The molecule has 0 bridgehead atoms. The van der Waals surface area contributed by atoms with Gasteiger partial charge in [-0.25, -0.2) is 17.9 Å². The lowest BCUT2D eigenvalue weighted by atomic mass is 9.98. The maximum absolute atomic E-state index is 12.5. The van der Waals surface area contributed by atoms with Crippen LogP contribution in [-0.4, -0.2) is 43.9 Å². The van der Waals surface area contributed by atoms with Crippen molar-refractivity contribution in [3.05, 3.63) is 28.8 Å². The van der Waals surface area contributed by atoms with Gasteiger partial charge in [-0.05, 0) is 43.9 Å². The highest BCUT2D eigenvalue weighted by Gasteiger charge is 2.51. The van der Waals surface area contributed by atoms with Crippen molar-refractivity contribution < 1.29 is 18.0 Å². The minimum absolute atomic E-state index is 0.0182. The van der Waals surface area contributed by atoms with Crippen LogP contribution >= 0.6 is 11.6 Å². The van der Waals surface area contributed by atoms with E-state index in [-0.39, 0.29) is 34.9 Å². The van der Waals surface area contributed by atoms with Gasteiger partial charge in [0.15, 0.2) is 0 Å². The van der Waals surface area contributed by atoms with Gasteiger partial charge in [0, 0.05) is 13.1 Å². The second-order valence-electron chi connectivity index (χ2n) is 6.86.